The van der Waals surface area contributed by atoms with Crippen molar-refractivity contribution in [2.24, 2.45) is 7.05 Å². The minimum absolute atomic E-state index is 0.951. The van der Waals surface area contributed by atoms with E-state index in [-0.39, 0.29) is 0 Å². The Hall–Kier alpha value is -2.49. The molecule has 0 N–H and O–H groups in total. The molecular weight excluding hydrogens is 296 g/mol. The van der Waals surface area contributed by atoms with Crippen molar-refractivity contribution in [3.8, 4) is 22.4 Å². The minimum atomic E-state index is 0.951. The lowest BCUT2D eigenvalue weighted by Gasteiger charge is -2.16. The highest BCUT2D eigenvalue weighted by molar-refractivity contribution is 5.78. The molecule has 4 nitrogen and oxygen atoms in total. The second-order valence-electron chi connectivity index (χ2n) is 5.95. The van der Waals surface area contributed by atoms with Crippen LogP contribution in [-0.4, -0.2) is 19.7 Å². The van der Waals surface area contributed by atoms with Gasteiger partial charge in [0.05, 0.1) is 11.9 Å². The number of pyridine rings is 2. The van der Waals surface area contributed by atoms with Crippen molar-refractivity contribution in [3.63, 3.8) is 0 Å². The summed E-state index contributed by atoms with van der Waals surface area (Å²) < 4.78 is 1.96. The van der Waals surface area contributed by atoms with Gasteiger partial charge >= 0.3 is 0 Å². The van der Waals surface area contributed by atoms with Crippen molar-refractivity contribution in [1.29, 1.82) is 0 Å². The van der Waals surface area contributed by atoms with E-state index in [0.717, 1.165) is 19.3 Å². The Morgan fingerprint density at radius 1 is 0.792 bits per heavy atom. The molecule has 0 bridgehead atoms. The topological polar surface area (TPSA) is 43.6 Å². The van der Waals surface area contributed by atoms with Gasteiger partial charge in [-0.3, -0.25) is 14.6 Å². The molecule has 3 aromatic rings. The van der Waals surface area contributed by atoms with E-state index < -0.39 is 0 Å². The minimum Gasteiger partial charge on any atom is -0.268 e. The molecule has 4 heteroatoms. The summed E-state index contributed by atoms with van der Waals surface area (Å²) in [6, 6.07) is 2.10. The van der Waals surface area contributed by atoms with Gasteiger partial charge in [0, 0.05) is 43.0 Å². The molecule has 0 radical (unpaired) electrons. The van der Waals surface area contributed by atoms with Crippen molar-refractivity contribution < 1.29 is 0 Å². The van der Waals surface area contributed by atoms with E-state index in [4.69, 9.17) is 0 Å². The van der Waals surface area contributed by atoms with Crippen LogP contribution in [0.5, 0.6) is 0 Å². The van der Waals surface area contributed by atoms with Crippen LogP contribution in [0.4, 0.5) is 0 Å². The second-order valence-corrected chi connectivity index (χ2v) is 5.95. The first kappa shape index (κ1) is 16.4. The molecule has 3 aromatic heterocycles. The van der Waals surface area contributed by atoms with Crippen LogP contribution in [0.1, 0.15) is 37.5 Å². The zero-order valence-electron chi connectivity index (χ0n) is 14.9. The van der Waals surface area contributed by atoms with E-state index in [1.165, 1.54) is 39.1 Å². The predicted octanol–water partition coefficient (Wildman–Crippen LogP) is 4.23. The van der Waals surface area contributed by atoms with Crippen LogP contribution in [-0.2, 0) is 26.3 Å². The Balaban J connectivity index is 2.26. The summed E-state index contributed by atoms with van der Waals surface area (Å²) in [6.07, 6.45) is 12.6. The van der Waals surface area contributed by atoms with Gasteiger partial charge in [0.15, 0.2) is 0 Å². The van der Waals surface area contributed by atoms with Crippen molar-refractivity contribution in [3.05, 3.63) is 53.7 Å². The molecule has 24 heavy (non-hydrogen) atoms. The third kappa shape index (κ3) is 2.73. The summed E-state index contributed by atoms with van der Waals surface area (Å²) >= 11 is 0. The molecule has 0 aliphatic carbocycles. The normalized spacial score (nSPS) is 11.0. The molecule has 124 valence electrons. The van der Waals surface area contributed by atoms with Gasteiger partial charge in [0.1, 0.15) is 0 Å². The largest absolute Gasteiger partial charge is 0.268 e. The van der Waals surface area contributed by atoms with Gasteiger partial charge in [-0.25, -0.2) is 0 Å². The lowest BCUT2D eigenvalue weighted by molar-refractivity contribution is 0.774. The van der Waals surface area contributed by atoms with Crippen LogP contribution >= 0.6 is 0 Å². The standard InChI is InChI=1S/C20H24N4/c1-5-14-10-21-9-8-17(14)18-12-22-13-19(16(18)7-3)20-15(6-2)11-23-24(20)4/h8-13H,5-7H2,1-4H3. The molecule has 0 saturated carbocycles. The fourth-order valence-electron chi connectivity index (χ4n) is 3.37. The summed E-state index contributed by atoms with van der Waals surface area (Å²) in [6.45, 7) is 6.54. The second kappa shape index (κ2) is 6.95. The lowest BCUT2D eigenvalue weighted by Crippen LogP contribution is -2.02. The predicted molar refractivity (Wildman–Crippen MR) is 97.8 cm³/mol. The number of hydrogen-bond donors (Lipinski definition) is 0. The highest BCUT2D eigenvalue weighted by Crippen LogP contribution is 2.34. The average molecular weight is 320 g/mol. The molecule has 0 aliphatic heterocycles. The number of aromatic nitrogens is 4. The molecule has 0 spiro atoms. The molecule has 0 fully saturated rings. The summed E-state index contributed by atoms with van der Waals surface area (Å²) in [5.74, 6) is 0. The van der Waals surface area contributed by atoms with Crippen LogP contribution in [0.2, 0.25) is 0 Å². The van der Waals surface area contributed by atoms with Gasteiger partial charge in [-0.2, -0.15) is 5.10 Å². The molecule has 3 heterocycles. The molecule has 3 rings (SSSR count). The van der Waals surface area contributed by atoms with Crippen LogP contribution in [0.3, 0.4) is 0 Å². The summed E-state index contributed by atoms with van der Waals surface area (Å²) in [7, 11) is 2.00. The first-order valence-corrected chi connectivity index (χ1v) is 8.62. The summed E-state index contributed by atoms with van der Waals surface area (Å²) in [4.78, 5) is 8.83. The van der Waals surface area contributed by atoms with Crippen LogP contribution in [0.25, 0.3) is 22.4 Å². The Bertz CT molecular complexity index is 849. The maximum atomic E-state index is 4.56. The van der Waals surface area contributed by atoms with Crippen LogP contribution < -0.4 is 0 Å². The maximum absolute atomic E-state index is 4.56. The Morgan fingerprint density at radius 2 is 1.54 bits per heavy atom. The van der Waals surface area contributed by atoms with E-state index in [1.54, 1.807) is 0 Å². The van der Waals surface area contributed by atoms with Crippen molar-refractivity contribution in [1.82, 2.24) is 19.7 Å². The van der Waals surface area contributed by atoms with Gasteiger partial charge in [-0.1, -0.05) is 20.8 Å². The van der Waals surface area contributed by atoms with Gasteiger partial charge in [-0.15, -0.1) is 0 Å². The summed E-state index contributed by atoms with van der Waals surface area (Å²) in [5, 5.41) is 4.45. The van der Waals surface area contributed by atoms with E-state index in [0.29, 0.717) is 0 Å². The fourth-order valence-corrected chi connectivity index (χ4v) is 3.37. The molecule has 0 saturated heterocycles. The van der Waals surface area contributed by atoms with E-state index in [9.17, 15) is 0 Å². The van der Waals surface area contributed by atoms with Gasteiger partial charge in [-0.05, 0) is 47.6 Å². The van der Waals surface area contributed by atoms with E-state index in [2.05, 4.69) is 41.9 Å². The van der Waals surface area contributed by atoms with Crippen molar-refractivity contribution in [2.75, 3.05) is 0 Å². The van der Waals surface area contributed by atoms with E-state index in [1.807, 2.05) is 42.7 Å². The first-order chi connectivity index (χ1) is 11.7. The quantitative estimate of drug-likeness (QED) is 0.706. The van der Waals surface area contributed by atoms with Crippen LogP contribution in [0.15, 0.2) is 37.1 Å². The number of hydrogen-bond acceptors (Lipinski definition) is 3. The monoisotopic (exact) mass is 320 g/mol. The van der Waals surface area contributed by atoms with E-state index >= 15 is 0 Å². The Labute approximate surface area is 143 Å². The maximum Gasteiger partial charge on any atom is 0.0729 e. The van der Waals surface area contributed by atoms with Crippen molar-refractivity contribution in [2.45, 2.75) is 40.0 Å². The Kier molecular flexibility index (Phi) is 4.74. The molecule has 0 aromatic carbocycles. The number of aryl methyl sites for hydroxylation is 3. The number of nitrogens with zero attached hydrogens (tertiary/aromatic N) is 4. The summed E-state index contributed by atoms with van der Waals surface area (Å²) in [5.41, 5.74) is 8.64. The van der Waals surface area contributed by atoms with Crippen LogP contribution in [0, 0.1) is 0 Å². The fraction of sp³-hybridized carbons (Fsp3) is 0.350. The zero-order chi connectivity index (χ0) is 17.1. The smallest absolute Gasteiger partial charge is 0.0729 e. The van der Waals surface area contributed by atoms with Gasteiger partial charge in [0.25, 0.3) is 0 Å². The number of rotatable bonds is 5. The molecule has 0 atom stereocenters. The molecule has 0 aliphatic rings. The van der Waals surface area contributed by atoms with Gasteiger partial charge < -0.3 is 0 Å². The lowest BCUT2D eigenvalue weighted by atomic mass is 9.91. The third-order valence-electron chi connectivity index (χ3n) is 4.64. The van der Waals surface area contributed by atoms with Gasteiger partial charge in [0.2, 0.25) is 0 Å². The molecule has 0 amide bonds. The average Bonchev–Trinajstić information content (AvgIpc) is 3.01. The zero-order valence-corrected chi connectivity index (χ0v) is 14.9. The van der Waals surface area contributed by atoms with Crippen molar-refractivity contribution >= 4 is 0 Å². The highest BCUT2D eigenvalue weighted by Gasteiger charge is 2.17. The SMILES string of the molecule is CCc1cnccc1-c1cncc(-c2c(CC)cnn2C)c1CC. The molecular formula is C20H24N4. The Morgan fingerprint density at radius 3 is 2.25 bits per heavy atom. The highest BCUT2D eigenvalue weighted by atomic mass is 15.3. The first-order valence-electron chi connectivity index (χ1n) is 8.62. The molecule has 0 unspecified atom stereocenters. The third-order valence-corrected chi connectivity index (χ3v) is 4.64.